The Balaban J connectivity index is 2.06. The molecule has 1 aromatic heterocycles. The summed E-state index contributed by atoms with van der Waals surface area (Å²) in [7, 11) is 0. The molecule has 0 amide bonds. The van der Waals surface area contributed by atoms with E-state index in [-0.39, 0.29) is 5.41 Å². The summed E-state index contributed by atoms with van der Waals surface area (Å²) in [5.41, 5.74) is 2.61. The molecule has 2 heteroatoms. The summed E-state index contributed by atoms with van der Waals surface area (Å²) in [4.78, 5) is 4.55. The molecule has 17 heavy (non-hydrogen) atoms. The highest BCUT2D eigenvalue weighted by atomic mass is 35.5. The fourth-order valence-electron chi connectivity index (χ4n) is 2.83. The SMILES string of the molecule is CC1(c2cnc3ccccc3c2)CCC(Cl)C1. The minimum atomic E-state index is 0.212. The molecule has 1 nitrogen and oxygen atoms in total. The first kappa shape index (κ1) is 11.0. The zero-order chi connectivity index (χ0) is 11.9. The number of hydrogen-bond acceptors (Lipinski definition) is 1. The Hall–Kier alpha value is -1.08. The van der Waals surface area contributed by atoms with Crippen LogP contribution in [-0.4, -0.2) is 10.4 Å². The topological polar surface area (TPSA) is 12.9 Å². The van der Waals surface area contributed by atoms with E-state index in [9.17, 15) is 0 Å². The molecule has 0 aliphatic heterocycles. The van der Waals surface area contributed by atoms with Crippen molar-refractivity contribution in [3.05, 3.63) is 42.1 Å². The average molecular weight is 246 g/mol. The molecule has 2 unspecified atom stereocenters. The lowest BCUT2D eigenvalue weighted by molar-refractivity contribution is 0.491. The highest BCUT2D eigenvalue weighted by Crippen LogP contribution is 2.43. The maximum Gasteiger partial charge on any atom is 0.0702 e. The number of hydrogen-bond donors (Lipinski definition) is 0. The number of pyridine rings is 1. The van der Waals surface area contributed by atoms with E-state index in [1.807, 2.05) is 12.3 Å². The van der Waals surface area contributed by atoms with E-state index in [0.29, 0.717) is 5.38 Å². The zero-order valence-electron chi connectivity index (χ0n) is 9.99. The molecule has 0 spiro atoms. The fourth-order valence-corrected chi connectivity index (χ4v) is 3.28. The molecular formula is C15H16ClN. The number of nitrogens with zero attached hydrogens (tertiary/aromatic N) is 1. The van der Waals surface area contributed by atoms with Crippen LogP contribution >= 0.6 is 11.6 Å². The first-order chi connectivity index (χ1) is 8.17. The summed E-state index contributed by atoms with van der Waals surface area (Å²) in [6.45, 7) is 2.31. The molecule has 1 aliphatic carbocycles. The van der Waals surface area contributed by atoms with Gasteiger partial charge in [0.15, 0.2) is 0 Å². The van der Waals surface area contributed by atoms with E-state index >= 15 is 0 Å². The number of halogens is 1. The van der Waals surface area contributed by atoms with Crippen LogP contribution in [0.15, 0.2) is 36.5 Å². The van der Waals surface area contributed by atoms with E-state index in [1.165, 1.54) is 17.4 Å². The second kappa shape index (κ2) is 3.99. The van der Waals surface area contributed by atoms with Crippen molar-refractivity contribution in [2.24, 2.45) is 0 Å². The molecule has 1 heterocycles. The number of alkyl halides is 1. The van der Waals surface area contributed by atoms with Crippen molar-refractivity contribution in [1.82, 2.24) is 4.98 Å². The van der Waals surface area contributed by atoms with Crippen LogP contribution in [-0.2, 0) is 5.41 Å². The van der Waals surface area contributed by atoms with E-state index < -0.39 is 0 Å². The van der Waals surface area contributed by atoms with Crippen LogP contribution in [0.3, 0.4) is 0 Å². The van der Waals surface area contributed by atoms with Gasteiger partial charge in [0.1, 0.15) is 0 Å². The van der Waals surface area contributed by atoms with Crippen LogP contribution in [0.1, 0.15) is 31.7 Å². The largest absolute Gasteiger partial charge is 0.256 e. The number of rotatable bonds is 1. The average Bonchev–Trinajstić information content (AvgIpc) is 2.70. The molecule has 0 N–H and O–H groups in total. The predicted octanol–water partition coefficient (Wildman–Crippen LogP) is 4.28. The molecule has 3 rings (SSSR count). The first-order valence-corrected chi connectivity index (χ1v) is 6.60. The Morgan fingerprint density at radius 2 is 2.18 bits per heavy atom. The van der Waals surface area contributed by atoms with Gasteiger partial charge in [-0.05, 0) is 42.4 Å². The lowest BCUT2D eigenvalue weighted by atomic mass is 9.81. The number of para-hydroxylation sites is 1. The van der Waals surface area contributed by atoms with Crippen molar-refractivity contribution < 1.29 is 0 Å². The molecule has 1 saturated carbocycles. The smallest absolute Gasteiger partial charge is 0.0702 e. The van der Waals surface area contributed by atoms with Gasteiger partial charge in [0.2, 0.25) is 0 Å². The van der Waals surface area contributed by atoms with Crippen LogP contribution in [0.4, 0.5) is 0 Å². The lowest BCUT2D eigenvalue weighted by Gasteiger charge is -2.24. The summed E-state index contributed by atoms with van der Waals surface area (Å²) in [6.07, 6.45) is 5.37. The molecule has 1 fully saturated rings. The van der Waals surface area contributed by atoms with Gasteiger partial charge < -0.3 is 0 Å². The normalized spacial score (nSPS) is 28.7. The molecule has 0 saturated heterocycles. The van der Waals surface area contributed by atoms with Gasteiger partial charge in [-0.25, -0.2) is 0 Å². The van der Waals surface area contributed by atoms with Crippen LogP contribution < -0.4 is 0 Å². The third-order valence-corrected chi connectivity index (χ3v) is 4.34. The molecule has 1 aliphatic rings. The third-order valence-electron chi connectivity index (χ3n) is 3.97. The minimum absolute atomic E-state index is 0.212. The molecule has 2 atom stereocenters. The van der Waals surface area contributed by atoms with Gasteiger partial charge in [-0.2, -0.15) is 0 Å². The summed E-state index contributed by atoms with van der Waals surface area (Å²) < 4.78 is 0. The van der Waals surface area contributed by atoms with Gasteiger partial charge in [0, 0.05) is 17.0 Å². The monoisotopic (exact) mass is 245 g/mol. The molecule has 0 bridgehead atoms. The van der Waals surface area contributed by atoms with Crippen LogP contribution in [0.2, 0.25) is 0 Å². The van der Waals surface area contributed by atoms with Gasteiger partial charge in [-0.1, -0.05) is 25.1 Å². The highest BCUT2D eigenvalue weighted by molar-refractivity contribution is 6.20. The van der Waals surface area contributed by atoms with E-state index in [1.54, 1.807) is 0 Å². The Kier molecular flexibility index (Phi) is 2.59. The number of benzene rings is 1. The second-order valence-electron chi connectivity index (χ2n) is 5.32. The second-order valence-corrected chi connectivity index (χ2v) is 5.93. The van der Waals surface area contributed by atoms with Crippen LogP contribution in [0.25, 0.3) is 10.9 Å². The van der Waals surface area contributed by atoms with Crippen molar-refractivity contribution in [2.45, 2.75) is 37.0 Å². The first-order valence-electron chi connectivity index (χ1n) is 6.17. The standard InChI is InChI=1S/C15H16ClN/c1-15(7-6-13(16)9-15)12-8-11-4-2-3-5-14(11)17-10-12/h2-5,8,10,13H,6-7,9H2,1H3. The molecule has 1 aromatic carbocycles. The van der Waals surface area contributed by atoms with Crippen molar-refractivity contribution >= 4 is 22.5 Å². The van der Waals surface area contributed by atoms with Gasteiger partial charge in [0.05, 0.1) is 5.52 Å². The van der Waals surface area contributed by atoms with Crippen molar-refractivity contribution in [3.63, 3.8) is 0 Å². The van der Waals surface area contributed by atoms with E-state index in [4.69, 9.17) is 11.6 Å². The maximum atomic E-state index is 6.24. The Labute approximate surface area is 107 Å². The lowest BCUT2D eigenvalue weighted by Crippen LogP contribution is -2.18. The Morgan fingerprint density at radius 3 is 2.94 bits per heavy atom. The van der Waals surface area contributed by atoms with Gasteiger partial charge in [-0.15, -0.1) is 11.6 Å². The van der Waals surface area contributed by atoms with Crippen LogP contribution in [0.5, 0.6) is 0 Å². The quantitative estimate of drug-likeness (QED) is 0.684. The highest BCUT2D eigenvalue weighted by Gasteiger charge is 2.35. The fraction of sp³-hybridized carbons (Fsp3) is 0.400. The third kappa shape index (κ3) is 1.93. The number of fused-ring (bicyclic) bond motifs is 1. The van der Waals surface area contributed by atoms with Crippen molar-refractivity contribution in [3.8, 4) is 0 Å². The molecular weight excluding hydrogens is 230 g/mol. The molecule has 2 aromatic rings. The van der Waals surface area contributed by atoms with Crippen LogP contribution in [0, 0.1) is 0 Å². The minimum Gasteiger partial charge on any atom is -0.256 e. The van der Waals surface area contributed by atoms with Crippen molar-refractivity contribution in [2.75, 3.05) is 0 Å². The van der Waals surface area contributed by atoms with Gasteiger partial charge >= 0.3 is 0 Å². The van der Waals surface area contributed by atoms with Gasteiger partial charge in [-0.3, -0.25) is 4.98 Å². The summed E-state index contributed by atoms with van der Waals surface area (Å²) >= 11 is 6.24. The molecule has 0 radical (unpaired) electrons. The van der Waals surface area contributed by atoms with Gasteiger partial charge in [0.25, 0.3) is 0 Å². The zero-order valence-corrected chi connectivity index (χ0v) is 10.7. The van der Waals surface area contributed by atoms with E-state index in [2.05, 4.69) is 36.2 Å². The maximum absolute atomic E-state index is 6.24. The summed E-state index contributed by atoms with van der Waals surface area (Å²) in [5.74, 6) is 0. The number of aromatic nitrogens is 1. The summed E-state index contributed by atoms with van der Waals surface area (Å²) in [5, 5.41) is 1.55. The Morgan fingerprint density at radius 1 is 1.35 bits per heavy atom. The summed E-state index contributed by atoms with van der Waals surface area (Å²) in [6, 6.07) is 10.6. The van der Waals surface area contributed by atoms with Crippen molar-refractivity contribution in [1.29, 1.82) is 0 Å². The van der Waals surface area contributed by atoms with E-state index in [0.717, 1.165) is 18.4 Å². The molecule has 88 valence electrons. The Bertz CT molecular complexity index is 551. The predicted molar refractivity (Wildman–Crippen MR) is 72.6 cm³/mol.